The summed E-state index contributed by atoms with van der Waals surface area (Å²) in [5.41, 5.74) is -0.299. The summed E-state index contributed by atoms with van der Waals surface area (Å²) in [4.78, 5) is 1.02. The largest absolute Gasteiger partial charge is 0.376 e. The van der Waals surface area contributed by atoms with Gasteiger partial charge in [0.25, 0.3) is 0 Å². The van der Waals surface area contributed by atoms with Crippen molar-refractivity contribution in [1.29, 1.82) is 0 Å². The Kier molecular flexibility index (Phi) is 3.87. The Morgan fingerprint density at radius 1 is 1.17 bits per heavy atom. The summed E-state index contributed by atoms with van der Waals surface area (Å²) in [5.74, 6) is 2.71. The van der Waals surface area contributed by atoms with Crippen molar-refractivity contribution in [1.82, 2.24) is 4.72 Å². The van der Waals surface area contributed by atoms with Crippen molar-refractivity contribution in [3.05, 3.63) is 17.0 Å². The number of aryl methyl sites for hydroxylation is 1. The first kappa shape index (κ1) is 16.1. The molecular formula is C17H25NO3S2. The van der Waals surface area contributed by atoms with Gasteiger partial charge < -0.3 is 4.74 Å². The Bertz CT molecular complexity index is 666. The molecule has 1 aromatic rings. The van der Waals surface area contributed by atoms with Crippen LogP contribution in [0.5, 0.6) is 0 Å². The van der Waals surface area contributed by atoms with Crippen molar-refractivity contribution in [3.63, 3.8) is 0 Å². The molecule has 1 heterocycles. The lowest BCUT2D eigenvalue weighted by Crippen LogP contribution is -2.63. The molecule has 1 aromatic heterocycles. The molecule has 128 valence electrons. The number of thiophene rings is 1. The highest BCUT2D eigenvalue weighted by atomic mass is 32.2. The van der Waals surface area contributed by atoms with E-state index in [-0.39, 0.29) is 5.60 Å². The van der Waals surface area contributed by atoms with Gasteiger partial charge in [-0.3, -0.25) is 0 Å². The van der Waals surface area contributed by atoms with Crippen molar-refractivity contribution in [2.24, 2.45) is 23.7 Å². The van der Waals surface area contributed by atoms with Gasteiger partial charge in [0, 0.05) is 18.5 Å². The summed E-state index contributed by atoms with van der Waals surface area (Å²) in [6, 6.07) is 3.55. The SMILES string of the molecule is COC1(CNS(=O)(=O)c2ccc(C)s2)C2CC3CC(C2)CC1C3. The maximum atomic E-state index is 12.6. The lowest BCUT2D eigenvalue weighted by Gasteiger charge is -2.60. The molecule has 1 N–H and O–H groups in total. The highest BCUT2D eigenvalue weighted by Gasteiger charge is 2.57. The number of ether oxygens (including phenoxy) is 1. The van der Waals surface area contributed by atoms with Gasteiger partial charge in [0.15, 0.2) is 0 Å². The van der Waals surface area contributed by atoms with Gasteiger partial charge >= 0.3 is 0 Å². The third kappa shape index (κ3) is 2.58. The average molecular weight is 356 g/mol. The quantitative estimate of drug-likeness (QED) is 0.882. The van der Waals surface area contributed by atoms with E-state index in [1.165, 1.54) is 43.4 Å². The first-order valence-electron chi connectivity index (χ1n) is 8.54. The van der Waals surface area contributed by atoms with Crippen LogP contribution in [-0.4, -0.2) is 27.7 Å². The fourth-order valence-electron chi connectivity index (χ4n) is 5.51. The van der Waals surface area contributed by atoms with Gasteiger partial charge in [-0.15, -0.1) is 11.3 Å². The van der Waals surface area contributed by atoms with Gasteiger partial charge in [-0.2, -0.15) is 0 Å². The zero-order valence-corrected chi connectivity index (χ0v) is 15.4. The third-order valence-electron chi connectivity index (χ3n) is 6.42. The topological polar surface area (TPSA) is 55.4 Å². The highest BCUT2D eigenvalue weighted by molar-refractivity contribution is 7.91. The van der Waals surface area contributed by atoms with E-state index in [2.05, 4.69) is 4.72 Å². The summed E-state index contributed by atoms with van der Waals surface area (Å²) in [6.07, 6.45) is 6.22. The summed E-state index contributed by atoms with van der Waals surface area (Å²) in [5, 5.41) is 0. The van der Waals surface area contributed by atoms with E-state index in [0.717, 1.165) is 16.7 Å². The van der Waals surface area contributed by atoms with Crippen LogP contribution in [0.2, 0.25) is 0 Å². The maximum Gasteiger partial charge on any atom is 0.250 e. The Morgan fingerprint density at radius 2 is 1.78 bits per heavy atom. The molecule has 5 rings (SSSR count). The Morgan fingerprint density at radius 3 is 2.26 bits per heavy atom. The number of nitrogens with one attached hydrogen (secondary N) is 1. The van der Waals surface area contributed by atoms with E-state index in [9.17, 15) is 8.42 Å². The van der Waals surface area contributed by atoms with E-state index in [0.29, 0.717) is 22.6 Å². The molecule has 4 bridgehead atoms. The molecule has 0 atom stereocenters. The monoisotopic (exact) mass is 355 g/mol. The lowest BCUT2D eigenvalue weighted by atomic mass is 9.50. The van der Waals surface area contributed by atoms with Crippen molar-refractivity contribution >= 4 is 21.4 Å². The normalized spacial score (nSPS) is 39.0. The maximum absolute atomic E-state index is 12.6. The minimum Gasteiger partial charge on any atom is -0.376 e. The standard InChI is InChI=1S/C17H25NO3S2/c1-11-3-4-16(22-11)23(19,20)18-10-17(21-2)14-6-12-5-13(8-14)9-15(17)7-12/h3-4,12-15,18H,5-10H2,1-2H3. The van der Waals surface area contributed by atoms with Crippen molar-refractivity contribution in [2.45, 2.75) is 48.8 Å². The molecule has 23 heavy (non-hydrogen) atoms. The minimum absolute atomic E-state index is 0.299. The van der Waals surface area contributed by atoms with E-state index in [1.807, 2.05) is 13.0 Å². The van der Waals surface area contributed by atoms with Gasteiger partial charge in [0.1, 0.15) is 4.21 Å². The summed E-state index contributed by atoms with van der Waals surface area (Å²) >= 11 is 1.33. The first-order chi connectivity index (χ1) is 10.9. The van der Waals surface area contributed by atoms with Crippen LogP contribution in [0.3, 0.4) is 0 Å². The molecule has 0 unspecified atom stereocenters. The average Bonchev–Trinajstić information content (AvgIpc) is 2.94. The number of methoxy groups -OCH3 is 1. The molecular weight excluding hydrogens is 330 g/mol. The second-order valence-electron chi connectivity index (χ2n) is 7.65. The molecule has 0 aromatic carbocycles. The van der Waals surface area contributed by atoms with Crippen LogP contribution in [0.4, 0.5) is 0 Å². The zero-order chi connectivity index (χ0) is 16.2. The molecule has 4 fully saturated rings. The molecule has 4 aliphatic rings. The van der Waals surface area contributed by atoms with Crippen LogP contribution in [0.1, 0.15) is 37.0 Å². The van der Waals surface area contributed by atoms with Gasteiger partial charge in [0.05, 0.1) is 5.60 Å². The summed E-state index contributed by atoms with van der Waals surface area (Å²) in [7, 11) is -1.66. The fourth-order valence-corrected chi connectivity index (χ4v) is 7.92. The third-order valence-corrected chi connectivity index (χ3v) is 9.31. The van der Waals surface area contributed by atoms with Crippen molar-refractivity contribution in [2.75, 3.05) is 13.7 Å². The molecule has 4 nitrogen and oxygen atoms in total. The van der Waals surface area contributed by atoms with Crippen LogP contribution < -0.4 is 4.72 Å². The van der Waals surface area contributed by atoms with Crippen LogP contribution in [0, 0.1) is 30.6 Å². The molecule has 0 spiro atoms. The lowest BCUT2D eigenvalue weighted by molar-refractivity contribution is -0.185. The molecule has 0 amide bonds. The summed E-state index contributed by atoms with van der Waals surface area (Å²) in [6.45, 7) is 2.34. The molecule has 0 saturated heterocycles. The summed E-state index contributed by atoms with van der Waals surface area (Å²) < 4.78 is 34.5. The molecule has 4 saturated carbocycles. The van der Waals surface area contributed by atoms with E-state index in [1.54, 1.807) is 13.2 Å². The van der Waals surface area contributed by atoms with E-state index >= 15 is 0 Å². The number of hydrogen-bond donors (Lipinski definition) is 1. The Labute approximate surface area is 142 Å². The highest BCUT2D eigenvalue weighted by Crippen LogP contribution is 2.59. The van der Waals surface area contributed by atoms with E-state index in [4.69, 9.17) is 4.74 Å². The predicted octanol–water partition coefficient (Wildman–Crippen LogP) is 3.18. The molecule has 6 heteroatoms. The molecule has 4 aliphatic carbocycles. The first-order valence-corrected chi connectivity index (χ1v) is 10.8. The Hall–Kier alpha value is -0.430. The smallest absolute Gasteiger partial charge is 0.250 e. The van der Waals surface area contributed by atoms with Crippen LogP contribution >= 0.6 is 11.3 Å². The van der Waals surface area contributed by atoms with Crippen LogP contribution in [0.25, 0.3) is 0 Å². The zero-order valence-electron chi connectivity index (χ0n) is 13.7. The van der Waals surface area contributed by atoms with Gasteiger partial charge in [-0.1, -0.05) is 0 Å². The number of hydrogen-bond acceptors (Lipinski definition) is 4. The van der Waals surface area contributed by atoms with Gasteiger partial charge in [-0.05, 0) is 74.8 Å². The second kappa shape index (κ2) is 5.55. The van der Waals surface area contributed by atoms with Crippen molar-refractivity contribution in [3.8, 4) is 0 Å². The van der Waals surface area contributed by atoms with Crippen molar-refractivity contribution < 1.29 is 13.2 Å². The van der Waals surface area contributed by atoms with Gasteiger partial charge in [0.2, 0.25) is 10.0 Å². The Balaban J connectivity index is 1.55. The molecule has 0 radical (unpaired) electrons. The number of sulfonamides is 1. The molecule has 0 aliphatic heterocycles. The van der Waals surface area contributed by atoms with Crippen LogP contribution in [0.15, 0.2) is 16.3 Å². The van der Waals surface area contributed by atoms with Crippen LogP contribution in [-0.2, 0) is 14.8 Å². The predicted molar refractivity (Wildman–Crippen MR) is 91.0 cm³/mol. The van der Waals surface area contributed by atoms with E-state index < -0.39 is 10.0 Å². The second-order valence-corrected chi connectivity index (χ2v) is 10.9. The number of rotatable bonds is 5. The fraction of sp³-hybridized carbons (Fsp3) is 0.765. The minimum atomic E-state index is -3.43. The van der Waals surface area contributed by atoms with Gasteiger partial charge in [-0.25, -0.2) is 13.1 Å².